The third-order valence-corrected chi connectivity index (χ3v) is 5.66. The highest BCUT2D eigenvalue weighted by atomic mass is 32.2. The number of aromatic nitrogens is 2. The van der Waals surface area contributed by atoms with E-state index in [1.165, 1.54) is 23.4 Å². The van der Waals surface area contributed by atoms with Crippen molar-refractivity contribution in [3.63, 3.8) is 0 Å². The Kier molecular flexibility index (Phi) is 3.80. The van der Waals surface area contributed by atoms with Crippen molar-refractivity contribution in [1.29, 1.82) is 0 Å². The quantitative estimate of drug-likeness (QED) is 0.920. The molecule has 0 bridgehead atoms. The van der Waals surface area contributed by atoms with Gasteiger partial charge in [-0.25, -0.2) is 14.8 Å². The van der Waals surface area contributed by atoms with Gasteiger partial charge in [0.25, 0.3) is 0 Å². The Morgan fingerprint density at radius 1 is 1.35 bits per heavy atom. The lowest BCUT2D eigenvalue weighted by molar-refractivity contribution is 0.0701. The highest BCUT2D eigenvalue weighted by Crippen LogP contribution is 2.35. The number of anilines is 1. The summed E-state index contributed by atoms with van der Waals surface area (Å²) in [7, 11) is 0. The monoisotopic (exact) mass is 309 g/mol. The maximum Gasteiger partial charge on any atom is 0.346 e. The van der Waals surface area contributed by atoms with Gasteiger partial charge < -0.3 is 10.0 Å². The number of hydrogen-bond donors (Lipinski definition) is 1. The molecule has 1 N–H and O–H groups in total. The Morgan fingerprint density at radius 2 is 2.20 bits per heavy atom. The van der Waals surface area contributed by atoms with Crippen LogP contribution in [-0.2, 0) is 0 Å². The van der Waals surface area contributed by atoms with E-state index in [0.717, 1.165) is 46.9 Å². The molecule has 106 valence electrons. The van der Waals surface area contributed by atoms with Crippen molar-refractivity contribution < 1.29 is 9.90 Å². The van der Waals surface area contributed by atoms with Crippen LogP contribution in [0.15, 0.2) is 6.33 Å². The van der Waals surface area contributed by atoms with Crippen LogP contribution in [0.25, 0.3) is 10.2 Å². The Labute approximate surface area is 125 Å². The number of rotatable bonds is 2. The van der Waals surface area contributed by atoms with Gasteiger partial charge in [-0.05, 0) is 24.7 Å². The number of hydrogen-bond acceptors (Lipinski definition) is 6. The normalized spacial score (nSPS) is 16.4. The summed E-state index contributed by atoms with van der Waals surface area (Å²) in [5, 5.41) is 10.2. The van der Waals surface area contributed by atoms with Gasteiger partial charge in [-0.1, -0.05) is 0 Å². The topological polar surface area (TPSA) is 66.3 Å². The van der Waals surface area contributed by atoms with Gasteiger partial charge in [0.05, 0.1) is 5.39 Å². The van der Waals surface area contributed by atoms with Crippen molar-refractivity contribution in [3.05, 3.63) is 16.8 Å². The fourth-order valence-corrected chi connectivity index (χ4v) is 4.32. The van der Waals surface area contributed by atoms with Crippen molar-refractivity contribution in [2.24, 2.45) is 0 Å². The molecule has 1 aliphatic rings. The first-order valence-corrected chi connectivity index (χ1v) is 8.45. The number of carbonyl (C=O) groups is 1. The van der Waals surface area contributed by atoms with Crippen LogP contribution in [0.4, 0.5) is 5.82 Å². The minimum atomic E-state index is -0.886. The van der Waals surface area contributed by atoms with E-state index >= 15 is 0 Å². The summed E-state index contributed by atoms with van der Waals surface area (Å²) in [5.74, 6) is 2.26. The van der Waals surface area contributed by atoms with Crippen molar-refractivity contribution in [3.8, 4) is 0 Å². The average molecular weight is 309 g/mol. The lowest BCUT2D eigenvalue weighted by Crippen LogP contribution is -2.26. The summed E-state index contributed by atoms with van der Waals surface area (Å²) in [5.41, 5.74) is 0.782. The van der Waals surface area contributed by atoms with E-state index in [1.54, 1.807) is 0 Å². The smallest absolute Gasteiger partial charge is 0.346 e. The van der Waals surface area contributed by atoms with Gasteiger partial charge in [0.15, 0.2) is 0 Å². The lowest BCUT2D eigenvalue weighted by Gasteiger charge is -2.21. The summed E-state index contributed by atoms with van der Waals surface area (Å²) < 4.78 is 0. The van der Waals surface area contributed by atoms with Crippen LogP contribution in [0.1, 0.15) is 21.7 Å². The standard InChI is InChI=1S/C13H15N3O2S2/c1-8-9-11(16-3-2-5-19-6-4-16)14-7-15-12(9)20-10(8)13(17)18/h7H,2-6H2,1H3,(H,17,18). The molecule has 7 heteroatoms. The predicted molar refractivity (Wildman–Crippen MR) is 83.3 cm³/mol. The second kappa shape index (κ2) is 5.57. The van der Waals surface area contributed by atoms with Crippen LogP contribution in [0.3, 0.4) is 0 Å². The van der Waals surface area contributed by atoms with Crippen LogP contribution >= 0.6 is 23.1 Å². The third-order valence-electron chi connectivity index (χ3n) is 3.42. The molecule has 2 aromatic rings. The van der Waals surface area contributed by atoms with E-state index in [-0.39, 0.29) is 0 Å². The van der Waals surface area contributed by atoms with Crippen LogP contribution in [-0.4, -0.2) is 45.6 Å². The fourth-order valence-electron chi connectivity index (χ4n) is 2.45. The van der Waals surface area contributed by atoms with Crippen LogP contribution in [0, 0.1) is 6.92 Å². The first-order chi connectivity index (χ1) is 9.68. The van der Waals surface area contributed by atoms with E-state index in [1.807, 2.05) is 18.7 Å². The van der Waals surface area contributed by atoms with Gasteiger partial charge in [0.2, 0.25) is 0 Å². The minimum Gasteiger partial charge on any atom is -0.477 e. The maximum atomic E-state index is 11.3. The maximum absolute atomic E-state index is 11.3. The number of nitrogens with zero attached hydrogens (tertiary/aromatic N) is 3. The minimum absolute atomic E-state index is 0.367. The molecule has 1 fully saturated rings. The van der Waals surface area contributed by atoms with Gasteiger partial charge in [-0.3, -0.25) is 0 Å². The Hall–Kier alpha value is -1.34. The number of fused-ring (bicyclic) bond motifs is 1. The Balaban J connectivity index is 2.12. The van der Waals surface area contributed by atoms with Crippen LogP contribution in [0.5, 0.6) is 0 Å². The third kappa shape index (κ3) is 2.35. The number of thiophene rings is 1. The molecule has 5 nitrogen and oxygen atoms in total. The van der Waals surface area contributed by atoms with Crippen molar-refractivity contribution in [2.45, 2.75) is 13.3 Å². The van der Waals surface area contributed by atoms with E-state index in [4.69, 9.17) is 0 Å². The fraction of sp³-hybridized carbons (Fsp3) is 0.462. The molecule has 0 aliphatic carbocycles. The lowest BCUT2D eigenvalue weighted by atomic mass is 10.2. The average Bonchev–Trinajstić information content (AvgIpc) is 2.64. The second-order valence-electron chi connectivity index (χ2n) is 4.69. The molecule has 0 unspecified atom stereocenters. The highest BCUT2D eigenvalue weighted by molar-refractivity contribution is 7.99. The number of thioether (sulfide) groups is 1. The molecular weight excluding hydrogens is 294 g/mol. The molecule has 3 rings (SSSR count). The number of aryl methyl sites for hydroxylation is 1. The van der Waals surface area contributed by atoms with E-state index in [9.17, 15) is 9.90 Å². The summed E-state index contributed by atoms with van der Waals surface area (Å²) in [6, 6.07) is 0. The largest absolute Gasteiger partial charge is 0.477 e. The first-order valence-electron chi connectivity index (χ1n) is 6.48. The van der Waals surface area contributed by atoms with Crippen molar-refractivity contribution in [1.82, 2.24) is 9.97 Å². The van der Waals surface area contributed by atoms with E-state index < -0.39 is 5.97 Å². The predicted octanol–water partition coefficient (Wildman–Crippen LogP) is 2.64. The Bertz CT molecular complexity index is 648. The zero-order chi connectivity index (χ0) is 14.1. The molecule has 0 aromatic carbocycles. The number of carboxylic acids is 1. The molecule has 2 aromatic heterocycles. The number of carboxylic acid groups (broad SMARTS) is 1. The molecular formula is C13H15N3O2S2. The molecule has 1 saturated heterocycles. The van der Waals surface area contributed by atoms with E-state index in [2.05, 4.69) is 14.9 Å². The number of aromatic carboxylic acids is 1. The van der Waals surface area contributed by atoms with Gasteiger partial charge in [0, 0.05) is 18.8 Å². The summed E-state index contributed by atoms with van der Waals surface area (Å²) >= 11 is 3.19. The Morgan fingerprint density at radius 3 is 3.00 bits per heavy atom. The first kappa shape index (κ1) is 13.6. The van der Waals surface area contributed by atoms with E-state index in [0.29, 0.717) is 4.88 Å². The van der Waals surface area contributed by atoms with Crippen LogP contribution < -0.4 is 4.90 Å². The summed E-state index contributed by atoms with van der Waals surface area (Å²) in [4.78, 5) is 23.3. The van der Waals surface area contributed by atoms with Crippen molar-refractivity contribution >= 4 is 45.1 Å². The molecule has 20 heavy (non-hydrogen) atoms. The van der Waals surface area contributed by atoms with Gasteiger partial charge >= 0.3 is 5.97 Å². The zero-order valence-electron chi connectivity index (χ0n) is 11.1. The van der Waals surface area contributed by atoms with Crippen molar-refractivity contribution in [2.75, 3.05) is 29.5 Å². The molecule has 0 spiro atoms. The molecule has 0 amide bonds. The molecule has 0 radical (unpaired) electrons. The molecule has 3 heterocycles. The summed E-state index contributed by atoms with van der Waals surface area (Å²) in [6.07, 6.45) is 2.67. The second-order valence-corrected chi connectivity index (χ2v) is 6.92. The van der Waals surface area contributed by atoms with Gasteiger partial charge in [-0.15, -0.1) is 11.3 Å². The molecule has 1 aliphatic heterocycles. The SMILES string of the molecule is Cc1c(C(=O)O)sc2ncnc(N3CCCSCC3)c12. The zero-order valence-corrected chi connectivity index (χ0v) is 12.8. The van der Waals surface area contributed by atoms with Gasteiger partial charge in [-0.2, -0.15) is 11.8 Å². The highest BCUT2D eigenvalue weighted by Gasteiger charge is 2.21. The van der Waals surface area contributed by atoms with Crippen LogP contribution in [0.2, 0.25) is 0 Å². The summed E-state index contributed by atoms with van der Waals surface area (Å²) in [6.45, 7) is 3.77. The molecule has 0 saturated carbocycles. The molecule has 0 atom stereocenters. The van der Waals surface area contributed by atoms with Gasteiger partial charge in [0.1, 0.15) is 21.9 Å².